The molecule has 0 aliphatic carbocycles. The fraction of sp³-hybridized carbons (Fsp3) is 0.750. The van der Waals surface area contributed by atoms with Crippen molar-refractivity contribution in [1.82, 2.24) is 4.90 Å². The number of nitrogens with zero attached hydrogens (tertiary/aromatic N) is 2. The van der Waals surface area contributed by atoms with Gasteiger partial charge in [-0.25, -0.2) is 4.79 Å². The second kappa shape index (κ2) is 5.48. The van der Waals surface area contributed by atoms with Gasteiger partial charge in [-0.3, -0.25) is 14.5 Å². The molecule has 0 saturated carbocycles. The molecule has 1 atom stereocenters. The average molecular weight is 257 g/mol. The lowest BCUT2D eigenvalue weighted by molar-refractivity contribution is -0.883. The first-order valence-corrected chi connectivity index (χ1v) is 6.11. The van der Waals surface area contributed by atoms with Gasteiger partial charge >= 0.3 is 5.97 Å². The summed E-state index contributed by atoms with van der Waals surface area (Å²) >= 11 is 0. The number of aliphatic carboxylic acids is 1. The van der Waals surface area contributed by atoms with Crippen molar-refractivity contribution < 1.29 is 24.0 Å². The van der Waals surface area contributed by atoms with Gasteiger partial charge in [0, 0.05) is 25.3 Å². The number of hydrogen-bond donors (Lipinski definition) is 1. The van der Waals surface area contributed by atoms with Crippen LogP contribution in [0, 0.1) is 5.92 Å². The van der Waals surface area contributed by atoms with E-state index in [2.05, 4.69) is 0 Å². The number of likely N-dealkylation sites (tertiary alicyclic amines) is 1. The molecule has 1 N–H and O–H groups in total. The maximum absolute atomic E-state index is 11.7. The van der Waals surface area contributed by atoms with Gasteiger partial charge in [-0.05, 0) is 0 Å². The molecule has 1 heterocycles. The van der Waals surface area contributed by atoms with Crippen molar-refractivity contribution in [3.63, 3.8) is 0 Å². The summed E-state index contributed by atoms with van der Waals surface area (Å²) in [6, 6.07) is 0. The molecule has 1 aliphatic rings. The van der Waals surface area contributed by atoms with Crippen molar-refractivity contribution in [1.29, 1.82) is 0 Å². The third-order valence-electron chi connectivity index (χ3n) is 3.18. The number of carbonyl (C=O) groups is 3. The number of carboxylic acid groups (broad SMARTS) is 1. The summed E-state index contributed by atoms with van der Waals surface area (Å²) in [6.45, 7) is 2.81. The van der Waals surface area contributed by atoms with Gasteiger partial charge in [-0.1, -0.05) is 6.92 Å². The molecule has 0 bridgehead atoms. The van der Waals surface area contributed by atoms with Crippen molar-refractivity contribution in [3.8, 4) is 0 Å². The number of rotatable bonds is 6. The van der Waals surface area contributed by atoms with Crippen LogP contribution >= 0.6 is 0 Å². The van der Waals surface area contributed by atoms with Gasteiger partial charge in [-0.2, -0.15) is 0 Å². The SMILES string of the molecule is CC1CC(=O)N(CCC[N+](C)(C)CC(=O)O)C1=O. The number of likely N-dealkylation sites (N-methyl/N-ethyl adjacent to an activating group) is 1. The molecule has 1 rings (SSSR count). The van der Waals surface area contributed by atoms with Crippen LogP contribution < -0.4 is 0 Å². The first kappa shape index (κ1) is 14.6. The van der Waals surface area contributed by atoms with Crippen molar-refractivity contribution >= 4 is 17.8 Å². The Hall–Kier alpha value is -1.43. The Bertz CT molecular complexity index is 365. The largest absolute Gasteiger partial charge is 0.477 e. The predicted molar refractivity (Wildman–Crippen MR) is 64.6 cm³/mol. The Morgan fingerprint density at radius 1 is 1.44 bits per heavy atom. The highest BCUT2D eigenvalue weighted by Crippen LogP contribution is 2.18. The molecule has 2 amide bonds. The van der Waals surface area contributed by atoms with Crippen LogP contribution in [0.4, 0.5) is 0 Å². The van der Waals surface area contributed by atoms with Crippen LogP contribution in [0.1, 0.15) is 19.8 Å². The first-order valence-electron chi connectivity index (χ1n) is 6.11. The van der Waals surface area contributed by atoms with Crippen molar-refractivity contribution in [2.45, 2.75) is 19.8 Å². The third-order valence-corrected chi connectivity index (χ3v) is 3.18. The summed E-state index contributed by atoms with van der Waals surface area (Å²) in [7, 11) is 3.65. The Morgan fingerprint density at radius 2 is 2.06 bits per heavy atom. The summed E-state index contributed by atoms with van der Waals surface area (Å²) < 4.78 is 0.348. The van der Waals surface area contributed by atoms with Gasteiger partial charge in [0.05, 0.1) is 20.6 Å². The van der Waals surface area contributed by atoms with E-state index in [1.54, 1.807) is 6.92 Å². The second-order valence-electron chi connectivity index (χ2n) is 5.55. The van der Waals surface area contributed by atoms with Crippen LogP contribution in [0.15, 0.2) is 0 Å². The molecule has 102 valence electrons. The highest BCUT2D eigenvalue weighted by molar-refractivity contribution is 6.03. The van der Waals surface area contributed by atoms with E-state index in [-0.39, 0.29) is 24.3 Å². The first-order chi connectivity index (χ1) is 8.23. The zero-order valence-corrected chi connectivity index (χ0v) is 11.2. The van der Waals surface area contributed by atoms with E-state index < -0.39 is 5.97 Å². The van der Waals surface area contributed by atoms with Gasteiger partial charge in [0.15, 0.2) is 6.54 Å². The molecule has 0 aromatic carbocycles. The molecular weight excluding hydrogens is 236 g/mol. The van der Waals surface area contributed by atoms with E-state index in [1.165, 1.54) is 4.90 Å². The zero-order valence-electron chi connectivity index (χ0n) is 11.2. The minimum atomic E-state index is -0.845. The maximum atomic E-state index is 11.7. The molecule has 0 spiro atoms. The van der Waals surface area contributed by atoms with Gasteiger partial charge < -0.3 is 9.59 Å². The van der Waals surface area contributed by atoms with Crippen molar-refractivity contribution in [3.05, 3.63) is 0 Å². The Labute approximate surface area is 107 Å². The molecule has 6 nitrogen and oxygen atoms in total. The van der Waals surface area contributed by atoms with Crippen LogP contribution in [0.5, 0.6) is 0 Å². The Kier molecular flexibility index (Phi) is 4.45. The van der Waals surface area contributed by atoms with Gasteiger partial charge in [0.25, 0.3) is 0 Å². The number of imide groups is 1. The van der Waals surface area contributed by atoms with E-state index in [1.807, 2.05) is 14.1 Å². The van der Waals surface area contributed by atoms with Crippen LogP contribution in [0.3, 0.4) is 0 Å². The third kappa shape index (κ3) is 3.80. The summed E-state index contributed by atoms with van der Waals surface area (Å²) in [5.41, 5.74) is 0. The molecule has 0 aromatic rings. The van der Waals surface area contributed by atoms with Crippen LogP contribution in [-0.2, 0) is 14.4 Å². The lowest BCUT2D eigenvalue weighted by Crippen LogP contribution is -2.45. The quantitative estimate of drug-likeness (QED) is 0.534. The molecule has 1 aliphatic heterocycles. The van der Waals surface area contributed by atoms with Gasteiger partial charge in [-0.15, -0.1) is 0 Å². The predicted octanol–water partition coefficient (Wildman–Crippen LogP) is -0.0675. The van der Waals surface area contributed by atoms with Crippen LogP contribution in [0.25, 0.3) is 0 Å². The summed E-state index contributed by atoms with van der Waals surface area (Å²) in [4.78, 5) is 35.1. The van der Waals surface area contributed by atoms with Gasteiger partial charge in [0.2, 0.25) is 11.8 Å². The highest BCUT2D eigenvalue weighted by atomic mass is 16.4. The van der Waals surface area contributed by atoms with Crippen LogP contribution in [0.2, 0.25) is 0 Å². The second-order valence-corrected chi connectivity index (χ2v) is 5.55. The molecule has 1 saturated heterocycles. The van der Waals surface area contributed by atoms with Crippen molar-refractivity contribution in [2.24, 2.45) is 5.92 Å². The highest BCUT2D eigenvalue weighted by Gasteiger charge is 2.35. The Balaban J connectivity index is 2.40. The van der Waals surface area contributed by atoms with E-state index >= 15 is 0 Å². The van der Waals surface area contributed by atoms with E-state index in [9.17, 15) is 14.4 Å². The molecule has 0 aromatic heterocycles. The standard InChI is InChI=1S/C12H20N2O4/c1-9-7-10(15)13(12(9)18)5-4-6-14(2,3)8-11(16)17/h9H,4-8H2,1-3H3/p+1. The molecule has 1 fully saturated rings. The minimum Gasteiger partial charge on any atom is -0.477 e. The van der Waals surface area contributed by atoms with E-state index in [4.69, 9.17) is 5.11 Å². The van der Waals surface area contributed by atoms with E-state index in [0.717, 1.165) is 0 Å². The Morgan fingerprint density at radius 3 is 2.50 bits per heavy atom. The number of amides is 2. The molecule has 18 heavy (non-hydrogen) atoms. The van der Waals surface area contributed by atoms with Crippen LogP contribution in [-0.4, -0.2) is 66.0 Å². The monoisotopic (exact) mass is 257 g/mol. The number of carbonyl (C=O) groups excluding carboxylic acids is 2. The van der Waals surface area contributed by atoms with E-state index in [0.29, 0.717) is 30.4 Å². The van der Waals surface area contributed by atoms with Gasteiger partial charge in [0.1, 0.15) is 0 Å². The molecule has 6 heteroatoms. The molecular formula is C12H21N2O4+. The topological polar surface area (TPSA) is 74.7 Å². The normalized spacial score (nSPS) is 20.6. The molecule has 1 unspecified atom stereocenters. The fourth-order valence-electron chi connectivity index (χ4n) is 2.19. The maximum Gasteiger partial charge on any atom is 0.359 e. The lowest BCUT2D eigenvalue weighted by atomic mass is 10.1. The smallest absolute Gasteiger partial charge is 0.359 e. The molecule has 0 radical (unpaired) electrons. The summed E-state index contributed by atoms with van der Waals surface area (Å²) in [6.07, 6.45) is 0.927. The number of quaternary nitrogens is 1. The fourth-order valence-corrected chi connectivity index (χ4v) is 2.19. The average Bonchev–Trinajstić information content (AvgIpc) is 2.42. The van der Waals surface area contributed by atoms with Crippen molar-refractivity contribution in [2.75, 3.05) is 33.7 Å². The zero-order chi connectivity index (χ0) is 13.9. The number of carboxylic acids is 1. The number of hydrogen-bond acceptors (Lipinski definition) is 3. The summed E-state index contributed by atoms with van der Waals surface area (Å²) in [5.74, 6) is -1.28. The lowest BCUT2D eigenvalue weighted by Gasteiger charge is -2.28. The summed E-state index contributed by atoms with van der Waals surface area (Å²) in [5, 5.41) is 8.74. The minimum absolute atomic E-state index is 0.0400.